The SMILES string of the molecule is COc1cc(N(C)C)nc(N2CCN(Cc3ccc(CCNC(C)=O)cc3)CC2)n1. The maximum Gasteiger partial charge on any atom is 0.230 e. The van der Waals surface area contributed by atoms with Gasteiger partial charge in [0.15, 0.2) is 0 Å². The summed E-state index contributed by atoms with van der Waals surface area (Å²) < 4.78 is 5.35. The van der Waals surface area contributed by atoms with Crippen LogP contribution in [-0.2, 0) is 17.8 Å². The zero-order valence-corrected chi connectivity index (χ0v) is 18.4. The van der Waals surface area contributed by atoms with Crippen LogP contribution in [-0.4, -0.2) is 74.7 Å². The van der Waals surface area contributed by atoms with Gasteiger partial charge < -0.3 is 19.9 Å². The number of carbonyl (C=O) groups is 1. The summed E-state index contributed by atoms with van der Waals surface area (Å²) >= 11 is 0. The van der Waals surface area contributed by atoms with Crippen molar-refractivity contribution >= 4 is 17.7 Å². The molecule has 1 aliphatic rings. The molecular formula is C22H32N6O2. The molecule has 30 heavy (non-hydrogen) atoms. The Kier molecular flexibility index (Phi) is 7.46. The molecule has 162 valence electrons. The smallest absolute Gasteiger partial charge is 0.230 e. The van der Waals surface area contributed by atoms with Crippen molar-refractivity contribution < 1.29 is 9.53 Å². The Morgan fingerprint density at radius 2 is 1.77 bits per heavy atom. The van der Waals surface area contributed by atoms with E-state index in [1.807, 2.05) is 25.1 Å². The van der Waals surface area contributed by atoms with Crippen molar-refractivity contribution in [3.63, 3.8) is 0 Å². The van der Waals surface area contributed by atoms with Gasteiger partial charge in [0.1, 0.15) is 5.82 Å². The minimum absolute atomic E-state index is 0.0167. The molecule has 0 atom stereocenters. The predicted octanol–water partition coefficient (Wildman–Crippen LogP) is 1.55. The quantitative estimate of drug-likeness (QED) is 0.705. The first-order valence-corrected chi connectivity index (χ1v) is 10.3. The van der Waals surface area contributed by atoms with E-state index in [1.54, 1.807) is 14.0 Å². The van der Waals surface area contributed by atoms with Gasteiger partial charge in [-0.3, -0.25) is 9.69 Å². The molecule has 1 amide bonds. The maximum absolute atomic E-state index is 11.0. The second kappa shape index (κ2) is 10.2. The third-order valence-electron chi connectivity index (χ3n) is 5.22. The molecule has 8 nitrogen and oxygen atoms in total. The molecule has 1 aromatic heterocycles. The predicted molar refractivity (Wildman–Crippen MR) is 119 cm³/mol. The molecule has 1 N–H and O–H groups in total. The molecule has 0 bridgehead atoms. The average molecular weight is 413 g/mol. The number of anilines is 2. The van der Waals surface area contributed by atoms with Crippen molar-refractivity contribution in [2.75, 3.05) is 63.7 Å². The fraction of sp³-hybridized carbons (Fsp3) is 0.500. The van der Waals surface area contributed by atoms with Crippen LogP contribution in [0.15, 0.2) is 30.3 Å². The second-order valence-electron chi connectivity index (χ2n) is 7.78. The monoisotopic (exact) mass is 412 g/mol. The van der Waals surface area contributed by atoms with Crippen LogP contribution in [0.4, 0.5) is 11.8 Å². The fourth-order valence-electron chi connectivity index (χ4n) is 3.43. The Morgan fingerprint density at radius 3 is 2.37 bits per heavy atom. The highest BCUT2D eigenvalue weighted by Crippen LogP contribution is 2.21. The Hall–Kier alpha value is -2.87. The first-order chi connectivity index (χ1) is 14.4. The fourth-order valence-corrected chi connectivity index (χ4v) is 3.43. The highest BCUT2D eigenvalue weighted by molar-refractivity contribution is 5.72. The summed E-state index contributed by atoms with van der Waals surface area (Å²) in [6.07, 6.45) is 0.855. The minimum Gasteiger partial charge on any atom is -0.481 e. The molecule has 2 aromatic rings. The number of piperazine rings is 1. The van der Waals surface area contributed by atoms with Crippen LogP contribution in [0.1, 0.15) is 18.1 Å². The molecule has 8 heteroatoms. The van der Waals surface area contributed by atoms with Gasteiger partial charge >= 0.3 is 0 Å². The largest absolute Gasteiger partial charge is 0.481 e. The molecule has 0 saturated carbocycles. The van der Waals surface area contributed by atoms with E-state index in [0.717, 1.165) is 50.9 Å². The lowest BCUT2D eigenvalue weighted by Crippen LogP contribution is -2.46. The van der Waals surface area contributed by atoms with Crippen molar-refractivity contribution in [3.8, 4) is 5.88 Å². The van der Waals surface area contributed by atoms with Gasteiger partial charge in [-0.05, 0) is 17.5 Å². The summed E-state index contributed by atoms with van der Waals surface area (Å²) in [5.74, 6) is 2.17. The van der Waals surface area contributed by atoms with E-state index >= 15 is 0 Å². The molecule has 0 radical (unpaired) electrons. The summed E-state index contributed by atoms with van der Waals surface area (Å²) in [5.41, 5.74) is 2.54. The van der Waals surface area contributed by atoms with Crippen molar-refractivity contribution in [2.24, 2.45) is 0 Å². The summed E-state index contributed by atoms with van der Waals surface area (Å²) in [6.45, 7) is 6.85. The molecule has 0 spiro atoms. The molecule has 1 aliphatic heterocycles. The number of hydrogen-bond acceptors (Lipinski definition) is 7. The van der Waals surface area contributed by atoms with Crippen molar-refractivity contribution in [2.45, 2.75) is 19.9 Å². The van der Waals surface area contributed by atoms with E-state index < -0.39 is 0 Å². The number of aromatic nitrogens is 2. The van der Waals surface area contributed by atoms with Gasteiger partial charge in [-0.15, -0.1) is 0 Å². The van der Waals surface area contributed by atoms with E-state index in [4.69, 9.17) is 4.74 Å². The maximum atomic E-state index is 11.0. The van der Waals surface area contributed by atoms with Crippen LogP contribution in [0, 0.1) is 0 Å². The van der Waals surface area contributed by atoms with Crippen LogP contribution >= 0.6 is 0 Å². The summed E-state index contributed by atoms with van der Waals surface area (Å²) in [6, 6.07) is 10.5. The number of hydrogen-bond donors (Lipinski definition) is 1. The van der Waals surface area contributed by atoms with E-state index in [2.05, 4.69) is 49.4 Å². The van der Waals surface area contributed by atoms with Crippen LogP contribution in [0.3, 0.4) is 0 Å². The van der Waals surface area contributed by atoms with Crippen molar-refractivity contribution in [1.82, 2.24) is 20.2 Å². The van der Waals surface area contributed by atoms with Gasteiger partial charge in [0.2, 0.25) is 17.7 Å². The highest BCUT2D eigenvalue weighted by atomic mass is 16.5. The van der Waals surface area contributed by atoms with E-state index in [1.165, 1.54) is 11.1 Å². The molecule has 3 rings (SSSR count). The van der Waals surface area contributed by atoms with E-state index in [0.29, 0.717) is 12.4 Å². The number of nitrogens with zero attached hydrogens (tertiary/aromatic N) is 5. The van der Waals surface area contributed by atoms with Gasteiger partial charge in [-0.2, -0.15) is 9.97 Å². The van der Waals surface area contributed by atoms with Crippen molar-refractivity contribution in [1.29, 1.82) is 0 Å². The number of rotatable bonds is 8. The van der Waals surface area contributed by atoms with Gasteiger partial charge in [-0.1, -0.05) is 24.3 Å². The van der Waals surface area contributed by atoms with Gasteiger partial charge in [0, 0.05) is 66.4 Å². The standard InChI is InChI=1S/C22H32N6O2/c1-17(29)23-10-9-18-5-7-19(8-6-18)16-27-11-13-28(14-12-27)22-24-20(26(2)3)15-21(25-22)30-4/h5-8,15H,9-14,16H2,1-4H3,(H,23,29). The van der Waals surface area contributed by atoms with E-state index in [9.17, 15) is 4.79 Å². The number of amides is 1. The number of ether oxygens (including phenoxy) is 1. The summed E-state index contributed by atoms with van der Waals surface area (Å²) in [4.78, 5) is 26.8. The molecule has 1 fully saturated rings. The molecule has 2 heterocycles. The Bertz CT molecular complexity index is 832. The van der Waals surface area contributed by atoms with Gasteiger partial charge in [0.25, 0.3) is 0 Å². The topological polar surface area (TPSA) is 73.8 Å². The average Bonchev–Trinajstić information content (AvgIpc) is 2.75. The minimum atomic E-state index is 0.0167. The molecule has 1 aromatic carbocycles. The van der Waals surface area contributed by atoms with Gasteiger partial charge in [-0.25, -0.2) is 0 Å². The summed E-state index contributed by atoms with van der Waals surface area (Å²) in [5, 5.41) is 2.84. The third-order valence-corrected chi connectivity index (χ3v) is 5.22. The molecule has 0 unspecified atom stereocenters. The lowest BCUT2D eigenvalue weighted by molar-refractivity contribution is -0.118. The number of carbonyl (C=O) groups excluding carboxylic acids is 1. The zero-order chi connectivity index (χ0) is 21.5. The Morgan fingerprint density at radius 1 is 1.10 bits per heavy atom. The first-order valence-electron chi connectivity index (χ1n) is 10.3. The van der Waals surface area contributed by atoms with Gasteiger partial charge in [0.05, 0.1) is 7.11 Å². The zero-order valence-electron chi connectivity index (χ0n) is 18.4. The summed E-state index contributed by atoms with van der Waals surface area (Å²) in [7, 11) is 5.57. The highest BCUT2D eigenvalue weighted by Gasteiger charge is 2.20. The van der Waals surface area contributed by atoms with Crippen molar-refractivity contribution in [3.05, 3.63) is 41.5 Å². The molecule has 0 aliphatic carbocycles. The lowest BCUT2D eigenvalue weighted by Gasteiger charge is -2.35. The number of benzene rings is 1. The van der Waals surface area contributed by atoms with E-state index in [-0.39, 0.29) is 5.91 Å². The number of nitrogens with one attached hydrogen (secondary N) is 1. The van der Waals surface area contributed by atoms with Crippen LogP contribution in [0.2, 0.25) is 0 Å². The first kappa shape index (κ1) is 21.8. The molecular weight excluding hydrogens is 380 g/mol. The second-order valence-corrected chi connectivity index (χ2v) is 7.78. The van der Waals surface area contributed by atoms with Crippen LogP contribution in [0.25, 0.3) is 0 Å². The van der Waals surface area contributed by atoms with Crippen LogP contribution < -0.4 is 19.9 Å². The molecule has 1 saturated heterocycles. The Balaban J connectivity index is 1.52. The Labute approximate surface area is 178 Å². The lowest BCUT2D eigenvalue weighted by atomic mass is 10.1. The normalized spacial score (nSPS) is 14.5. The van der Waals surface area contributed by atoms with Crippen LogP contribution in [0.5, 0.6) is 5.88 Å². The number of methoxy groups -OCH3 is 1. The third kappa shape index (κ3) is 6.06.